The van der Waals surface area contributed by atoms with Crippen molar-refractivity contribution < 1.29 is 0 Å². The molecule has 0 spiro atoms. The van der Waals surface area contributed by atoms with Crippen LogP contribution in [0.15, 0.2) is 12.5 Å². The van der Waals surface area contributed by atoms with Crippen LogP contribution in [0.5, 0.6) is 0 Å². The highest BCUT2D eigenvalue weighted by atomic mass is 15.2. The first-order valence-corrected chi connectivity index (χ1v) is 7.06. The van der Waals surface area contributed by atoms with E-state index in [0.717, 1.165) is 12.5 Å². The summed E-state index contributed by atoms with van der Waals surface area (Å²) in [6.07, 6.45) is 6.50. The van der Waals surface area contributed by atoms with E-state index >= 15 is 0 Å². The van der Waals surface area contributed by atoms with Gasteiger partial charge in [-0.1, -0.05) is 0 Å². The number of aromatic nitrogens is 2. The summed E-state index contributed by atoms with van der Waals surface area (Å²) < 4.78 is 2.12. The number of hydrogen-bond donors (Lipinski definition) is 1. The van der Waals surface area contributed by atoms with Gasteiger partial charge in [-0.2, -0.15) is 0 Å². The lowest BCUT2D eigenvalue weighted by Crippen LogP contribution is -2.39. The van der Waals surface area contributed by atoms with Gasteiger partial charge in [0.2, 0.25) is 0 Å². The number of aryl methyl sites for hydroxylation is 1. The van der Waals surface area contributed by atoms with Crippen molar-refractivity contribution in [1.29, 1.82) is 0 Å². The Morgan fingerprint density at radius 3 is 2.72 bits per heavy atom. The molecule has 1 N–H and O–H groups in total. The number of imidazole rings is 1. The Kier molecular flexibility index (Phi) is 4.78. The van der Waals surface area contributed by atoms with Crippen molar-refractivity contribution in [3.05, 3.63) is 18.2 Å². The van der Waals surface area contributed by atoms with Crippen molar-refractivity contribution in [2.24, 2.45) is 13.0 Å². The zero-order valence-electron chi connectivity index (χ0n) is 11.9. The molecule has 2 rings (SSSR count). The average molecular weight is 250 g/mol. The van der Waals surface area contributed by atoms with Crippen molar-refractivity contribution in [2.75, 3.05) is 19.6 Å². The number of nitrogens with zero attached hydrogens (tertiary/aromatic N) is 3. The fourth-order valence-electron chi connectivity index (χ4n) is 2.60. The van der Waals surface area contributed by atoms with Crippen molar-refractivity contribution in [3.63, 3.8) is 0 Å². The Labute approximate surface area is 110 Å². The van der Waals surface area contributed by atoms with Crippen molar-refractivity contribution in [2.45, 2.75) is 39.3 Å². The summed E-state index contributed by atoms with van der Waals surface area (Å²) in [7, 11) is 2.07. The molecule has 0 bridgehead atoms. The normalized spacial score (nSPS) is 17.8. The van der Waals surface area contributed by atoms with Crippen LogP contribution in [-0.4, -0.2) is 40.1 Å². The van der Waals surface area contributed by atoms with Crippen LogP contribution in [0.3, 0.4) is 0 Å². The molecule has 18 heavy (non-hydrogen) atoms. The first kappa shape index (κ1) is 13.6. The minimum Gasteiger partial charge on any atom is -0.337 e. The molecule has 1 aliphatic heterocycles. The predicted octanol–water partition coefficient (Wildman–Crippen LogP) is 1.63. The zero-order valence-corrected chi connectivity index (χ0v) is 11.9. The van der Waals surface area contributed by atoms with Crippen LogP contribution in [0.1, 0.15) is 32.4 Å². The third-order valence-electron chi connectivity index (χ3n) is 3.96. The minimum absolute atomic E-state index is 0.592. The summed E-state index contributed by atoms with van der Waals surface area (Å²) in [6.45, 7) is 9.17. The van der Waals surface area contributed by atoms with Crippen LogP contribution < -0.4 is 5.32 Å². The summed E-state index contributed by atoms with van der Waals surface area (Å²) in [5, 5.41) is 3.44. The van der Waals surface area contributed by atoms with Crippen LogP contribution in [-0.2, 0) is 13.6 Å². The molecule has 1 saturated heterocycles. The molecule has 0 unspecified atom stereocenters. The van der Waals surface area contributed by atoms with Gasteiger partial charge in [0.15, 0.2) is 0 Å². The van der Waals surface area contributed by atoms with E-state index in [2.05, 4.69) is 40.7 Å². The van der Waals surface area contributed by atoms with Crippen LogP contribution in [0.2, 0.25) is 0 Å². The lowest BCUT2D eigenvalue weighted by atomic mass is 9.97. The topological polar surface area (TPSA) is 33.1 Å². The summed E-state index contributed by atoms with van der Waals surface area (Å²) in [5.74, 6) is 0.849. The Bertz CT molecular complexity index is 352. The average Bonchev–Trinajstić information content (AvgIpc) is 2.75. The molecule has 0 radical (unpaired) electrons. The van der Waals surface area contributed by atoms with E-state index in [4.69, 9.17) is 0 Å². The van der Waals surface area contributed by atoms with Gasteiger partial charge in [-0.05, 0) is 45.7 Å². The molecule has 102 valence electrons. The highest BCUT2D eigenvalue weighted by molar-refractivity contribution is 4.97. The maximum Gasteiger partial charge on any atom is 0.0945 e. The second-order valence-corrected chi connectivity index (χ2v) is 5.71. The highest BCUT2D eigenvalue weighted by Crippen LogP contribution is 2.17. The van der Waals surface area contributed by atoms with E-state index in [9.17, 15) is 0 Å². The van der Waals surface area contributed by atoms with Crippen LogP contribution >= 0.6 is 0 Å². The number of hydrogen-bond acceptors (Lipinski definition) is 3. The Morgan fingerprint density at radius 2 is 2.17 bits per heavy atom. The highest BCUT2D eigenvalue weighted by Gasteiger charge is 2.19. The standard InChI is InChI=1S/C14H26N4/c1-12(2)18(9-13-4-6-15-7-5-13)10-14-8-16-11-17(14)3/h8,11-13,15H,4-7,9-10H2,1-3H3. The van der Waals surface area contributed by atoms with Gasteiger partial charge in [0.1, 0.15) is 0 Å². The second-order valence-electron chi connectivity index (χ2n) is 5.71. The smallest absolute Gasteiger partial charge is 0.0945 e. The minimum atomic E-state index is 0.592. The molecule has 1 aromatic rings. The van der Waals surface area contributed by atoms with Gasteiger partial charge in [-0.25, -0.2) is 4.98 Å². The van der Waals surface area contributed by atoms with Crippen molar-refractivity contribution in [1.82, 2.24) is 19.8 Å². The quantitative estimate of drug-likeness (QED) is 0.862. The van der Waals surface area contributed by atoms with Gasteiger partial charge < -0.3 is 9.88 Å². The van der Waals surface area contributed by atoms with E-state index in [-0.39, 0.29) is 0 Å². The van der Waals surface area contributed by atoms with Gasteiger partial charge in [-0.15, -0.1) is 0 Å². The second kappa shape index (κ2) is 6.34. The van der Waals surface area contributed by atoms with E-state index < -0.39 is 0 Å². The van der Waals surface area contributed by atoms with Gasteiger partial charge in [-0.3, -0.25) is 4.90 Å². The number of nitrogens with one attached hydrogen (secondary N) is 1. The zero-order chi connectivity index (χ0) is 13.0. The lowest BCUT2D eigenvalue weighted by molar-refractivity contribution is 0.159. The number of piperidine rings is 1. The monoisotopic (exact) mass is 250 g/mol. The Morgan fingerprint density at radius 1 is 1.44 bits per heavy atom. The Balaban J connectivity index is 1.93. The SMILES string of the molecule is CC(C)N(Cc1cncn1C)CC1CCNCC1. The van der Waals surface area contributed by atoms with Crippen molar-refractivity contribution in [3.8, 4) is 0 Å². The maximum absolute atomic E-state index is 4.21. The van der Waals surface area contributed by atoms with Gasteiger partial charge in [0.05, 0.1) is 12.0 Å². The largest absolute Gasteiger partial charge is 0.337 e. The fraction of sp³-hybridized carbons (Fsp3) is 0.786. The molecule has 0 atom stereocenters. The first-order chi connectivity index (χ1) is 8.66. The third-order valence-corrected chi connectivity index (χ3v) is 3.96. The van der Waals surface area contributed by atoms with E-state index in [0.29, 0.717) is 6.04 Å². The van der Waals surface area contributed by atoms with Crippen LogP contribution in [0.4, 0.5) is 0 Å². The first-order valence-electron chi connectivity index (χ1n) is 7.06. The molecule has 0 aromatic carbocycles. The van der Waals surface area contributed by atoms with E-state index in [1.807, 2.05) is 12.5 Å². The Hall–Kier alpha value is -0.870. The molecule has 2 heterocycles. The predicted molar refractivity (Wildman–Crippen MR) is 74.3 cm³/mol. The van der Waals surface area contributed by atoms with Crippen LogP contribution in [0.25, 0.3) is 0 Å². The summed E-state index contributed by atoms with van der Waals surface area (Å²) in [6, 6.07) is 0.592. The van der Waals surface area contributed by atoms with Crippen molar-refractivity contribution >= 4 is 0 Å². The van der Waals surface area contributed by atoms with Gasteiger partial charge >= 0.3 is 0 Å². The molecular formula is C14H26N4. The van der Waals surface area contributed by atoms with E-state index in [1.165, 1.54) is 38.2 Å². The molecule has 0 amide bonds. The fourth-order valence-corrected chi connectivity index (χ4v) is 2.60. The lowest BCUT2D eigenvalue weighted by Gasteiger charge is -2.32. The molecular weight excluding hydrogens is 224 g/mol. The molecule has 1 aliphatic rings. The van der Waals surface area contributed by atoms with E-state index in [1.54, 1.807) is 0 Å². The number of rotatable bonds is 5. The molecule has 0 saturated carbocycles. The molecule has 0 aliphatic carbocycles. The summed E-state index contributed by atoms with van der Waals surface area (Å²) >= 11 is 0. The third kappa shape index (κ3) is 3.56. The summed E-state index contributed by atoms with van der Waals surface area (Å²) in [5.41, 5.74) is 1.30. The molecule has 1 fully saturated rings. The summed E-state index contributed by atoms with van der Waals surface area (Å²) in [4.78, 5) is 6.78. The van der Waals surface area contributed by atoms with Gasteiger partial charge in [0.25, 0.3) is 0 Å². The molecule has 4 nitrogen and oxygen atoms in total. The maximum atomic E-state index is 4.21. The molecule has 1 aromatic heterocycles. The van der Waals surface area contributed by atoms with Gasteiger partial charge in [0, 0.05) is 32.4 Å². The van der Waals surface area contributed by atoms with Crippen LogP contribution in [0, 0.1) is 5.92 Å². The molecule has 4 heteroatoms.